The number of pyridine rings is 1. The van der Waals surface area contributed by atoms with E-state index < -0.39 is 0 Å². The number of ether oxygens (including phenoxy) is 2. The van der Waals surface area contributed by atoms with Gasteiger partial charge in [-0.2, -0.15) is 0 Å². The van der Waals surface area contributed by atoms with Crippen LogP contribution < -0.4 is 10.5 Å². The molecule has 1 saturated carbocycles. The molecule has 2 aliphatic rings. The first-order valence-electron chi connectivity index (χ1n) is 12.5. The van der Waals surface area contributed by atoms with Crippen LogP contribution >= 0.6 is 0 Å². The molecule has 0 spiro atoms. The molecule has 1 unspecified atom stereocenters. The average Bonchev–Trinajstić information content (AvgIpc) is 3.56. The molecule has 3 aromatic heterocycles. The van der Waals surface area contributed by atoms with Crippen molar-refractivity contribution in [1.29, 1.82) is 0 Å². The molecule has 1 aliphatic carbocycles. The molecule has 1 aliphatic heterocycles. The number of carbonyl (C=O) groups is 1. The zero-order valence-electron chi connectivity index (χ0n) is 21.0. The number of methoxy groups -OCH3 is 2. The summed E-state index contributed by atoms with van der Waals surface area (Å²) in [5, 5.41) is 1.10. The number of benzene rings is 1. The number of hydrogen-bond donors (Lipinski definition) is 1. The molecule has 1 amide bonds. The average molecular weight is 489 g/mol. The predicted octanol–water partition coefficient (Wildman–Crippen LogP) is 3.20. The van der Waals surface area contributed by atoms with Gasteiger partial charge in [0.25, 0.3) is 5.91 Å². The number of likely N-dealkylation sites (tertiary alicyclic amines) is 1. The third-order valence-corrected chi connectivity index (χ3v) is 7.61. The Labute approximate surface area is 209 Å². The first-order valence-corrected chi connectivity index (χ1v) is 12.5. The highest BCUT2D eigenvalue weighted by molar-refractivity contribution is 6.00. The van der Waals surface area contributed by atoms with Crippen molar-refractivity contribution in [3.63, 3.8) is 0 Å². The zero-order valence-corrected chi connectivity index (χ0v) is 21.0. The first kappa shape index (κ1) is 23.0. The Balaban J connectivity index is 1.42. The lowest BCUT2D eigenvalue weighted by atomic mass is 10.0. The lowest BCUT2D eigenvalue weighted by Crippen LogP contribution is -2.53. The van der Waals surface area contributed by atoms with Crippen molar-refractivity contribution in [2.24, 2.45) is 18.7 Å². The topological polar surface area (TPSA) is 100 Å². The standard InChI is InChI=1S/C27H32N6O3/c1-31-24-20(11-18(13-23(24)36-3)27(34)32-10-8-22(35-2)19(28)15-32)30-26(31)21-12-17-5-4-9-29-25(17)33(21)14-16-6-7-16/h4-5,9,11-13,16,19,22H,6-8,10,14-15,28H2,1-3H3/t19-,22?/m0/s1. The number of imidazole rings is 1. The van der Waals surface area contributed by atoms with E-state index in [1.54, 1.807) is 19.1 Å². The predicted molar refractivity (Wildman–Crippen MR) is 138 cm³/mol. The number of carbonyl (C=O) groups excluding carboxylic acids is 1. The Morgan fingerprint density at radius 1 is 1.19 bits per heavy atom. The Bertz CT molecular complexity index is 1450. The van der Waals surface area contributed by atoms with Crippen LogP contribution in [-0.2, 0) is 18.3 Å². The SMILES string of the molecule is COc1cc(C(=O)N2CCC(OC)[C@@H](N)C2)cc2nc(-c3cc4cccnc4n3CC3CC3)n(C)c12. The summed E-state index contributed by atoms with van der Waals surface area (Å²) in [6, 6.07) is 9.68. The van der Waals surface area contributed by atoms with Gasteiger partial charge in [0.15, 0.2) is 5.82 Å². The zero-order chi connectivity index (χ0) is 25.0. The number of aromatic nitrogens is 4. The van der Waals surface area contributed by atoms with Gasteiger partial charge < -0.3 is 29.2 Å². The lowest BCUT2D eigenvalue weighted by Gasteiger charge is -2.36. The van der Waals surface area contributed by atoms with Gasteiger partial charge in [-0.05, 0) is 55.5 Å². The molecule has 1 saturated heterocycles. The van der Waals surface area contributed by atoms with Crippen LogP contribution in [0.4, 0.5) is 0 Å². The van der Waals surface area contributed by atoms with Crippen LogP contribution in [0.3, 0.4) is 0 Å². The minimum atomic E-state index is -0.207. The van der Waals surface area contributed by atoms with Crippen LogP contribution in [0.25, 0.3) is 33.6 Å². The smallest absolute Gasteiger partial charge is 0.254 e. The molecular formula is C27H32N6O3. The minimum absolute atomic E-state index is 0.0266. The van der Waals surface area contributed by atoms with Gasteiger partial charge in [-0.15, -0.1) is 0 Å². The molecule has 9 nitrogen and oxygen atoms in total. The van der Waals surface area contributed by atoms with Crippen molar-refractivity contribution >= 4 is 28.0 Å². The molecule has 1 aromatic carbocycles. The molecule has 0 radical (unpaired) electrons. The maximum absolute atomic E-state index is 13.4. The van der Waals surface area contributed by atoms with Gasteiger partial charge in [-0.1, -0.05) is 0 Å². The highest BCUT2D eigenvalue weighted by Gasteiger charge is 2.31. The molecule has 2 atom stereocenters. The fourth-order valence-corrected chi connectivity index (χ4v) is 5.45. The maximum Gasteiger partial charge on any atom is 0.254 e. The molecule has 188 valence electrons. The van der Waals surface area contributed by atoms with Crippen molar-refractivity contribution < 1.29 is 14.3 Å². The molecule has 4 heterocycles. The van der Waals surface area contributed by atoms with Crippen molar-refractivity contribution in [3.05, 3.63) is 42.1 Å². The van der Waals surface area contributed by atoms with E-state index in [1.807, 2.05) is 31.4 Å². The molecule has 2 fully saturated rings. The van der Waals surface area contributed by atoms with Gasteiger partial charge in [-0.25, -0.2) is 9.97 Å². The van der Waals surface area contributed by atoms with Gasteiger partial charge in [0.1, 0.15) is 16.9 Å². The van der Waals surface area contributed by atoms with Crippen LogP contribution in [0.15, 0.2) is 36.5 Å². The molecular weight excluding hydrogens is 456 g/mol. The Morgan fingerprint density at radius 2 is 2.03 bits per heavy atom. The van der Waals surface area contributed by atoms with Crippen molar-refractivity contribution in [3.8, 4) is 17.3 Å². The summed E-state index contributed by atoms with van der Waals surface area (Å²) in [5.41, 5.74) is 10.4. The van der Waals surface area contributed by atoms with E-state index >= 15 is 0 Å². The van der Waals surface area contributed by atoms with Crippen LogP contribution in [0.5, 0.6) is 5.75 Å². The number of nitrogens with two attached hydrogens (primary N) is 1. The molecule has 9 heteroatoms. The van der Waals surface area contributed by atoms with Crippen molar-refractivity contribution in [2.45, 2.75) is 38.0 Å². The number of nitrogens with zero attached hydrogens (tertiary/aromatic N) is 5. The van der Waals surface area contributed by atoms with Crippen LogP contribution in [0.1, 0.15) is 29.6 Å². The molecule has 36 heavy (non-hydrogen) atoms. The fraction of sp³-hybridized carbons (Fsp3) is 0.444. The number of aryl methyl sites for hydroxylation is 1. The van der Waals surface area contributed by atoms with Crippen molar-refractivity contribution in [1.82, 2.24) is 24.0 Å². The highest BCUT2D eigenvalue weighted by Crippen LogP contribution is 2.37. The third-order valence-electron chi connectivity index (χ3n) is 7.61. The summed E-state index contributed by atoms with van der Waals surface area (Å²) in [6.07, 6.45) is 5.03. The summed E-state index contributed by atoms with van der Waals surface area (Å²) in [7, 11) is 5.29. The van der Waals surface area contributed by atoms with Gasteiger partial charge in [0.2, 0.25) is 0 Å². The van der Waals surface area contributed by atoms with E-state index in [-0.39, 0.29) is 18.1 Å². The maximum atomic E-state index is 13.4. The highest BCUT2D eigenvalue weighted by atomic mass is 16.5. The monoisotopic (exact) mass is 488 g/mol. The summed E-state index contributed by atoms with van der Waals surface area (Å²) in [4.78, 5) is 24.9. The van der Waals surface area contributed by atoms with Crippen LogP contribution in [0, 0.1) is 5.92 Å². The summed E-state index contributed by atoms with van der Waals surface area (Å²) >= 11 is 0. The largest absolute Gasteiger partial charge is 0.494 e. The van der Waals surface area contributed by atoms with Crippen molar-refractivity contribution in [2.75, 3.05) is 27.3 Å². The van der Waals surface area contributed by atoms with Gasteiger partial charge in [0, 0.05) is 57.0 Å². The summed E-state index contributed by atoms with van der Waals surface area (Å²) < 4.78 is 15.5. The minimum Gasteiger partial charge on any atom is -0.494 e. The molecule has 0 bridgehead atoms. The summed E-state index contributed by atoms with van der Waals surface area (Å²) in [6.45, 7) is 1.99. The molecule has 2 N–H and O–H groups in total. The summed E-state index contributed by atoms with van der Waals surface area (Å²) in [5.74, 6) is 2.06. The van der Waals surface area contributed by atoms with E-state index in [4.69, 9.17) is 20.2 Å². The van der Waals surface area contributed by atoms with E-state index in [1.165, 1.54) is 12.8 Å². The van der Waals surface area contributed by atoms with E-state index in [0.717, 1.165) is 46.6 Å². The van der Waals surface area contributed by atoms with E-state index in [2.05, 4.69) is 26.3 Å². The Hall–Kier alpha value is -3.43. The fourth-order valence-electron chi connectivity index (χ4n) is 5.45. The molecule has 4 aromatic rings. The third kappa shape index (κ3) is 3.83. The van der Waals surface area contributed by atoms with Gasteiger partial charge >= 0.3 is 0 Å². The number of piperidine rings is 1. The van der Waals surface area contributed by atoms with Gasteiger partial charge in [0.05, 0.1) is 24.4 Å². The molecule has 6 rings (SSSR count). The second kappa shape index (κ2) is 8.90. The number of rotatable bonds is 6. The van der Waals surface area contributed by atoms with Gasteiger partial charge in [-0.3, -0.25) is 4.79 Å². The quantitative estimate of drug-likeness (QED) is 0.447. The number of fused-ring (bicyclic) bond motifs is 2. The van der Waals surface area contributed by atoms with Crippen LogP contribution in [-0.4, -0.2) is 69.4 Å². The first-order chi connectivity index (χ1) is 17.5. The second-order valence-corrected chi connectivity index (χ2v) is 10.0. The van der Waals surface area contributed by atoms with E-state index in [9.17, 15) is 4.79 Å². The Kier molecular flexibility index (Phi) is 5.69. The second-order valence-electron chi connectivity index (χ2n) is 10.0. The van der Waals surface area contributed by atoms with Crippen LogP contribution in [0.2, 0.25) is 0 Å². The number of amides is 1. The van der Waals surface area contributed by atoms with E-state index in [0.29, 0.717) is 30.3 Å². The number of hydrogen-bond acceptors (Lipinski definition) is 6. The lowest BCUT2D eigenvalue weighted by molar-refractivity contribution is 0.0227. The Morgan fingerprint density at radius 3 is 2.75 bits per heavy atom. The normalized spacial score (nSPS) is 20.4.